The number of carbonyl (C=O) groups excluding carboxylic acids is 2. The normalized spacial score (nSPS) is 17.1. The van der Waals surface area contributed by atoms with E-state index in [1.165, 1.54) is 25.0 Å². The van der Waals surface area contributed by atoms with Crippen LogP contribution in [0.4, 0.5) is 4.79 Å². The lowest BCUT2D eigenvalue weighted by atomic mass is 9.93. The highest BCUT2D eigenvalue weighted by Crippen LogP contribution is 2.41. The van der Waals surface area contributed by atoms with Crippen LogP contribution in [0.5, 0.6) is 5.75 Å². The van der Waals surface area contributed by atoms with Gasteiger partial charge < -0.3 is 9.47 Å². The maximum Gasteiger partial charge on any atom is 0.417 e. The Bertz CT molecular complexity index is 1350. The fraction of sp³-hybridized carbons (Fsp3) is 0.414. The van der Waals surface area contributed by atoms with Crippen molar-refractivity contribution in [3.63, 3.8) is 0 Å². The molecular formula is C29H32ClNO6S. The molecule has 0 aromatic heterocycles. The van der Waals surface area contributed by atoms with Gasteiger partial charge in [-0.1, -0.05) is 49.7 Å². The van der Waals surface area contributed by atoms with Crippen molar-refractivity contribution < 1.29 is 27.5 Å². The molecule has 0 bridgehead atoms. The van der Waals surface area contributed by atoms with E-state index < -0.39 is 16.4 Å². The monoisotopic (exact) mass is 557 g/mol. The largest absolute Gasteiger partial charge is 0.497 e. The van der Waals surface area contributed by atoms with Crippen LogP contribution in [0.15, 0.2) is 59.9 Å². The molecule has 1 unspecified atom stereocenters. The fourth-order valence-corrected chi connectivity index (χ4v) is 5.03. The van der Waals surface area contributed by atoms with E-state index in [1.54, 1.807) is 18.2 Å². The second kappa shape index (κ2) is 12.6. The second-order valence-electron chi connectivity index (χ2n) is 10.3. The average Bonchev–Trinajstić information content (AvgIpc) is 3.64. The summed E-state index contributed by atoms with van der Waals surface area (Å²) in [4.78, 5) is 25.3. The summed E-state index contributed by atoms with van der Waals surface area (Å²) in [6, 6.07) is 13.6. The minimum absolute atomic E-state index is 0.0216. The van der Waals surface area contributed by atoms with E-state index >= 15 is 0 Å². The quantitative estimate of drug-likeness (QED) is 0.385. The zero-order valence-electron chi connectivity index (χ0n) is 21.5. The third-order valence-electron chi connectivity index (χ3n) is 6.52. The van der Waals surface area contributed by atoms with Crippen LogP contribution in [-0.2, 0) is 32.7 Å². The zero-order chi connectivity index (χ0) is 27.2. The lowest BCUT2D eigenvalue weighted by molar-refractivity contribution is -0.118. The van der Waals surface area contributed by atoms with Crippen LogP contribution < -0.4 is 10.1 Å². The lowest BCUT2D eigenvalue weighted by Gasteiger charge is -2.12. The van der Waals surface area contributed by atoms with E-state index in [2.05, 4.69) is 19.2 Å². The van der Waals surface area contributed by atoms with E-state index in [4.69, 9.17) is 21.1 Å². The van der Waals surface area contributed by atoms with Gasteiger partial charge in [0.15, 0.2) is 5.78 Å². The van der Waals surface area contributed by atoms with Gasteiger partial charge >= 0.3 is 6.09 Å². The van der Waals surface area contributed by atoms with E-state index in [9.17, 15) is 18.0 Å². The molecule has 0 spiro atoms. The maximum absolute atomic E-state index is 13.3. The zero-order valence-corrected chi connectivity index (χ0v) is 23.1. The minimum atomic E-state index is -2.66. The molecule has 0 aliphatic heterocycles. The molecule has 0 heterocycles. The number of ether oxygens (including phenoxy) is 2. The summed E-state index contributed by atoms with van der Waals surface area (Å²) in [5.41, 5.74) is 2.48. The van der Waals surface area contributed by atoms with Crippen molar-refractivity contribution in [2.75, 3.05) is 6.61 Å². The van der Waals surface area contributed by atoms with Gasteiger partial charge in [-0.3, -0.25) is 10.1 Å². The Hall–Kier alpha value is -3.10. The van der Waals surface area contributed by atoms with Crippen LogP contribution in [-0.4, -0.2) is 31.9 Å². The predicted molar refractivity (Wildman–Crippen MR) is 147 cm³/mol. The van der Waals surface area contributed by atoms with Crippen molar-refractivity contribution >= 4 is 38.8 Å². The number of nitrogens with one attached hydrogen (secondary N) is 1. The van der Waals surface area contributed by atoms with E-state index in [0.717, 1.165) is 23.3 Å². The van der Waals surface area contributed by atoms with Crippen LogP contribution >= 0.6 is 11.6 Å². The molecule has 0 radical (unpaired) electrons. The topological polar surface area (TPSA) is 98.8 Å². The van der Waals surface area contributed by atoms with E-state index in [0.29, 0.717) is 41.9 Å². The Morgan fingerprint density at radius 1 is 1.08 bits per heavy atom. The molecule has 1 N–H and O–H groups in total. The number of carbonyl (C=O) groups is 2. The molecule has 1 amide bonds. The van der Waals surface area contributed by atoms with Gasteiger partial charge in [-0.25, -0.2) is 4.79 Å². The Morgan fingerprint density at radius 2 is 1.79 bits per heavy atom. The summed E-state index contributed by atoms with van der Waals surface area (Å²) >= 11 is 5.83. The summed E-state index contributed by atoms with van der Waals surface area (Å²) < 4.78 is 34.9. The molecule has 1 fully saturated rings. The van der Waals surface area contributed by atoms with Gasteiger partial charge in [-0.15, -0.1) is 0 Å². The highest BCUT2D eigenvalue weighted by molar-refractivity contribution is 7.72. The number of allylic oxidation sites excluding steroid dienone is 2. The van der Waals surface area contributed by atoms with Gasteiger partial charge in [-0.2, -0.15) is 8.42 Å². The molecule has 1 saturated carbocycles. The molecule has 1 atom stereocenters. The van der Waals surface area contributed by atoms with Gasteiger partial charge in [0.05, 0.1) is 6.61 Å². The molecule has 9 heteroatoms. The van der Waals surface area contributed by atoms with Crippen LogP contribution in [0, 0.1) is 17.8 Å². The van der Waals surface area contributed by atoms with Crippen molar-refractivity contribution in [2.24, 2.45) is 17.8 Å². The first-order valence-electron chi connectivity index (χ1n) is 12.8. The Labute approximate surface area is 229 Å². The van der Waals surface area contributed by atoms with Gasteiger partial charge in [0.1, 0.15) is 16.5 Å². The van der Waals surface area contributed by atoms with Gasteiger partial charge in [0.25, 0.3) is 0 Å². The molecule has 38 heavy (non-hydrogen) atoms. The Morgan fingerprint density at radius 3 is 2.45 bits per heavy atom. The molecule has 4 rings (SSSR count). The summed E-state index contributed by atoms with van der Waals surface area (Å²) in [6.07, 6.45) is 3.34. The molecule has 202 valence electrons. The van der Waals surface area contributed by atoms with Crippen LogP contribution in [0.3, 0.4) is 0 Å². The number of ketones is 1. The van der Waals surface area contributed by atoms with Crippen LogP contribution in [0.2, 0.25) is 5.02 Å². The summed E-state index contributed by atoms with van der Waals surface area (Å²) in [5.74, 6) is 2.03. The first-order valence-corrected chi connectivity index (χ1v) is 14.3. The average molecular weight is 558 g/mol. The first-order chi connectivity index (χ1) is 18.2. The van der Waals surface area contributed by atoms with Crippen molar-refractivity contribution in [3.8, 4) is 5.75 Å². The SMILES string of the molecule is CC(C)COC1=C(CC2CC2)C(=O)C(Cc2cccc(CC(NC(=O)Oc3ccc(Cl)cc3)=S(=O)=O)c2)C1. The lowest BCUT2D eigenvalue weighted by Crippen LogP contribution is -2.34. The fourth-order valence-electron chi connectivity index (χ4n) is 4.46. The number of benzene rings is 2. The van der Waals surface area contributed by atoms with Crippen LogP contribution in [0.25, 0.3) is 0 Å². The first kappa shape index (κ1) is 27.9. The standard InChI is InChI=1S/C29H32ClNO6S/c1-18(2)17-36-26-16-22(28(32)25(26)14-19-6-7-19)13-20-4-3-5-21(12-20)15-27(38(34)35)31-29(33)37-24-10-8-23(30)9-11-24/h3-5,8-12,18-19,22H,6-7,13-17H2,1-2H3,(H,31,33). The predicted octanol–water partition coefficient (Wildman–Crippen LogP) is 5.54. The molecule has 2 aromatic carbocycles. The molecular weight excluding hydrogens is 526 g/mol. The van der Waals surface area contributed by atoms with Gasteiger partial charge in [-0.05, 0) is 72.9 Å². The number of hydrogen-bond acceptors (Lipinski definition) is 6. The van der Waals surface area contributed by atoms with Crippen molar-refractivity contribution in [3.05, 3.63) is 76.0 Å². The van der Waals surface area contributed by atoms with Crippen LogP contribution in [0.1, 0.15) is 50.7 Å². The smallest absolute Gasteiger partial charge is 0.417 e. The number of hydrogen-bond donors (Lipinski definition) is 1. The Kier molecular flexibility index (Phi) is 9.28. The summed E-state index contributed by atoms with van der Waals surface area (Å²) in [5, 5.41) is 2.80. The van der Waals surface area contributed by atoms with Gasteiger partial charge in [0.2, 0.25) is 10.3 Å². The summed E-state index contributed by atoms with van der Waals surface area (Å²) in [6.45, 7) is 4.78. The van der Waals surface area contributed by atoms with Gasteiger partial charge in [0, 0.05) is 29.4 Å². The van der Waals surface area contributed by atoms with Crippen molar-refractivity contribution in [2.45, 2.75) is 52.4 Å². The molecule has 7 nitrogen and oxygen atoms in total. The Balaban J connectivity index is 1.40. The number of halogens is 1. The minimum Gasteiger partial charge on any atom is -0.497 e. The number of Topliss-reactive ketones (excluding diaryl/α,β-unsaturated/α-hetero) is 1. The van der Waals surface area contributed by atoms with Crippen molar-refractivity contribution in [1.29, 1.82) is 0 Å². The van der Waals surface area contributed by atoms with E-state index in [1.807, 2.05) is 18.2 Å². The molecule has 2 aliphatic rings. The number of rotatable bonds is 10. The molecule has 2 aliphatic carbocycles. The maximum atomic E-state index is 13.3. The third-order valence-corrected chi connectivity index (χ3v) is 7.42. The highest BCUT2D eigenvalue weighted by Gasteiger charge is 2.37. The second-order valence-corrected chi connectivity index (χ2v) is 11.7. The highest BCUT2D eigenvalue weighted by atomic mass is 35.5. The van der Waals surface area contributed by atoms with E-state index in [-0.39, 0.29) is 28.9 Å². The number of amides is 1. The third kappa shape index (κ3) is 7.95. The molecule has 0 saturated heterocycles. The summed E-state index contributed by atoms with van der Waals surface area (Å²) in [7, 11) is -2.66. The molecule has 2 aromatic rings. The van der Waals surface area contributed by atoms with Crippen molar-refractivity contribution in [1.82, 2.24) is 5.32 Å².